The van der Waals surface area contributed by atoms with E-state index in [9.17, 15) is 0 Å². The molecule has 0 saturated heterocycles. The Bertz CT molecular complexity index is 300. The van der Waals surface area contributed by atoms with Crippen molar-refractivity contribution >= 4 is 22.9 Å². The maximum absolute atomic E-state index is 5.81. The van der Waals surface area contributed by atoms with Gasteiger partial charge in [-0.25, -0.2) is 4.98 Å². The average Bonchev–Trinajstić information content (AvgIpc) is 2.72. The van der Waals surface area contributed by atoms with Crippen molar-refractivity contribution in [2.75, 3.05) is 0 Å². The second kappa shape index (κ2) is 4.60. The molecule has 0 aromatic carbocycles. The largest absolute Gasteiger partial charge is 0.307 e. The highest BCUT2D eigenvalue weighted by Crippen LogP contribution is 2.25. The van der Waals surface area contributed by atoms with Gasteiger partial charge in [0, 0.05) is 12.6 Å². The summed E-state index contributed by atoms with van der Waals surface area (Å²) in [6, 6.07) is 0.678. The lowest BCUT2D eigenvalue weighted by atomic mass is 10.1. The molecule has 1 N–H and O–H groups in total. The lowest BCUT2D eigenvalue weighted by molar-refractivity contribution is 0.425. The van der Waals surface area contributed by atoms with E-state index in [2.05, 4.69) is 17.2 Å². The number of aromatic nitrogens is 1. The van der Waals surface area contributed by atoms with Gasteiger partial charge >= 0.3 is 0 Å². The number of hydrogen-bond donors (Lipinski definition) is 1. The third-order valence-corrected chi connectivity index (χ3v) is 4.02. The van der Waals surface area contributed by atoms with Crippen LogP contribution >= 0.6 is 22.9 Å². The first-order chi connectivity index (χ1) is 6.75. The summed E-state index contributed by atoms with van der Waals surface area (Å²) in [5, 5.41) is 4.64. The average molecular weight is 231 g/mol. The number of hydrogen-bond acceptors (Lipinski definition) is 3. The summed E-state index contributed by atoms with van der Waals surface area (Å²) < 4.78 is 0.779. The predicted octanol–water partition coefficient (Wildman–Crippen LogP) is 3.07. The molecule has 2 unspecified atom stereocenters. The van der Waals surface area contributed by atoms with Gasteiger partial charge < -0.3 is 5.32 Å². The summed E-state index contributed by atoms with van der Waals surface area (Å²) in [6.07, 6.45) is 5.75. The quantitative estimate of drug-likeness (QED) is 0.864. The first-order valence-electron chi connectivity index (χ1n) is 5.09. The topological polar surface area (TPSA) is 24.9 Å². The van der Waals surface area contributed by atoms with Crippen molar-refractivity contribution in [1.29, 1.82) is 0 Å². The van der Waals surface area contributed by atoms with Gasteiger partial charge in [0.05, 0.1) is 6.20 Å². The molecule has 4 heteroatoms. The van der Waals surface area contributed by atoms with Crippen molar-refractivity contribution in [1.82, 2.24) is 10.3 Å². The fraction of sp³-hybridized carbons (Fsp3) is 0.700. The van der Waals surface area contributed by atoms with Crippen molar-refractivity contribution in [3.63, 3.8) is 0 Å². The second-order valence-corrected chi connectivity index (χ2v) is 5.70. The molecule has 1 fully saturated rings. The highest BCUT2D eigenvalue weighted by atomic mass is 35.5. The van der Waals surface area contributed by atoms with Gasteiger partial charge in [0.25, 0.3) is 0 Å². The Morgan fingerprint density at radius 3 is 3.07 bits per heavy atom. The van der Waals surface area contributed by atoms with Crippen LogP contribution in [0.3, 0.4) is 0 Å². The van der Waals surface area contributed by atoms with E-state index < -0.39 is 0 Å². The maximum atomic E-state index is 5.81. The molecule has 1 aliphatic rings. The lowest BCUT2D eigenvalue weighted by Crippen LogP contribution is -2.30. The Labute approximate surface area is 93.7 Å². The van der Waals surface area contributed by atoms with Gasteiger partial charge in [-0.05, 0) is 18.8 Å². The lowest BCUT2D eigenvalue weighted by Gasteiger charge is -2.15. The molecular formula is C10H15ClN2S. The van der Waals surface area contributed by atoms with Crippen molar-refractivity contribution in [2.45, 2.75) is 38.8 Å². The number of thiazole rings is 1. The maximum Gasteiger partial charge on any atom is 0.113 e. The summed E-state index contributed by atoms with van der Waals surface area (Å²) in [4.78, 5) is 4.23. The Kier molecular flexibility index (Phi) is 3.42. The Hall–Kier alpha value is -0.120. The molecule has 2 nitrogen and oxygen atoms in total. The standard InChI is InChI=1S/C10H15ClN2S/c1-7-3-2-4-8(7)12-6-10-13-5-9(11)14-10/h5,7-8,12H,2-4,6H2,1H3. The van der Waals surface area contributed by atoms with Crippen LogP contribution in [-0.4, -0.2) is 11.0 Å². The van der Waals surface area contributed by atoms with E-state index in [-0.39, 0.29) is 0 Å². The van der Waals surface area contributed by atoms with Crippen LogP contribution in [0.1, 0.15) is 31.2 Å². The monoisotopic (exact) mass is 230 g/mol. The minimum Gasteiger partial charge on any atom is -0.307 e. The van der Waals surface area contributed by atoms with Gasteiger partial charge in [-0.3, -0.25) is 0 Å². The fourth-order valence-electron chi connectivity index (χ4n) is 2.04. The Morgan fingerprint density at radius 1 is 1.64 bits per heavy atom. The molecule has 2 rings (SSSR count). The van der Waals surface area contributed by atoms with E-state index >= 15 is 0 Å². The van der Waals surface area contributed by atoms with Crippen molar-refractivity contribution in [2.24, 2.45) is 5.92 Å². The summed E-state index contributed by atoms with van der Waals surface area (Å²) >= 11 is 7.38. The van der Waals surface area contributed by atoms with Crippen LogP contribution in [0.25, 0.3) is 0 Å². The van der Waals surface area contributed by atoms with Gasteiger partial charge in [0.2, 0.25) is 0 Å². The molecule has 0 spiro atoms. The van der Waals surface area contributed by atoms with Gasteiger partial charge in [0.1, 0.15) is 9.34 Å². The van der Waals surface area contributed by atoms with Gasteiger partial charge in [-0.15, -0.1) is 11.3 Å². The van der Waals surface area contributed by atoms with Gasteiger partial charge in [0.15, 0.2) is 0 Å². The van der Waals surface area contributed by atoms with E-state index in [4.69, 9.17) is 11.6 Å². The van der Waals surface area contributed by atoms with Crippen LogP contribution in [-0.2, 0) is 6.54 Å². The third kappa shape index (κ3) is 2.47. The van der Waals surface area contributed by atoms with Crippen LogP contribution in [0, 0.1) is 5.92 Å². The summed E-state index contributed by atoms with van der Waals surface area (Å²) in [5.74, 6) is 0.811. The number of nitrogens with zero attached hydrogens (tertiary/aromatic N) is 1. The molecule has 78 valence electrons. The molecule has 0 bridgehead atoms. The molecule has 1 saturated carbocycles. The molecule has 0 aliphatic heterocycles. The SMILES string of the molecule is CC1CCCC1NCc1ncc(Cl)s1. The fourth-order valence-corrected chi connectivity index (χ4v) is 2.94. The van der Waals surface area contributed by atoms with Crippen LogP contribution in [0.2, 0.25) is 4.34 Å². The van der Waals surface area contributed by atoms with Crippen LogP contribution in [0.15, 0.2) is 6.20 Å². The van der Waals surface area contributed by atoms with Gasteiger partial charge in [-0.2, -0.15) is 0 Å². The zero-order chi connectivity index (χ0) is 9.97. The third-order valence-electron chi connectivity index (χ3n) is 2.90. The van der Waals surface area contributed by atoms with Crippen LogP contribution in [0.4, 0.5) is 0 Å². The second-order valence-electron chi connectivity index (χ2n) is 3.95. The van der Waals surface area contributed by atoms with Crippen LogP contribution in [0.5, 0.6) is 0 Å². The molecule has 1 aromatic heterocycles. The minimum atomic E-state index is 0.678. The first kappa shape index (κ1) is 10.4. The molecule has 0 radical (unpaired) electrons. The highest BCUT2D eigenvalue weighted by Gasteiger charge is 2.22. The molecule has 1 aromatic rings. The summed E-state index contributed by atoms with van der Waals surface area (Å²) in [7, 11) is 0. The highest BCUT2D eigenvalue weighted by molar-refractivity contribution is 7.15. The van der Waals surface area contributed by atoms with Crippen molar-refractivity contribution in [3.8, 4) is 0 Å². The molecule has 1 heterocycles. The molecule has 14 heavy (non-hydrogen) atoms. The predicted molar refractivity (Wildman–Crippen MR) is 60.8 cm³/mol. The van der Waals surface area contributed by atoms with E-state index in [0.29, 0.717) is 6.04 Å². The summed E-state index contributed by atoms with van der Waals surface area (Å²) in [5.41, 5.74) is 0. The Balaban J connectivity index is 1.82. The van der Waals surface area contributed by atoms with E-state index in [1.54, 1.807) is 17.5 Å². The van der Waals surface area contributed by atoms with Gasteiger partial charge in [-0.1, -0.05) is 24.9 Å². The number of halogens is 1. The minimum absolute atomic E-state index is 0.678. The zero-order valence-electron chi connectivity index (χ0n) is 8.29. The van der Waals surface area contributed by atoms with E-state index in [1.165, 1.54) is 19.3 Å². The van der Waals surface area contributed by atoms with Crippen molar-refractivity contribution in [3.05, 3.63) is 15.5 Å². The normalized spacial score (nSPS) is 27.0. The number of nitrogens with one attached hydrogen (secondary N) is 1. The van der Waals surface area contributed by atoms with Crippen LogP contribution < -0.4 is 5.32 Å². The molecular weight excluding hydrogens is 216 g/mol. The molecule has 1 aliphatic carbocycles. The number of rotatable bonds is 3. The smallest absolute Gasteiger partial charge is 0.113 e. The molecule has 0 amide bonds. The zero-order valence-corrected chi connectivity index (χ0v) is 9.87. The molecule has 2 atom stereocenters. The van der Waals surface area contributed by atoms with E-state index in [0.717, 1.165) is 21.8 Å². The van der Waals surface area contributed by atoms with Crippen molar-refractivity contribution < 1.29 is 0 Å². The first-order valence-corrected chi connectivity index (χ1v) is 6.29. The van der Waals surface area contributed by atoms with E-state index in [1.807, 2.05) is 0 Å². The summed E-state index contributed by atoms with van der Waals surface area (Å²) in [6.45, 7) is 3.19. The Morgan fingerprint density at radius 2 is 2.50 bits per heavy atom.